The molecule has 0 fully saturated rings. The van der Waals surface area contributed by atoms with E-state index < -0.39 is 11.4 Å². The van der Waals surface area contributed by atoms with E-state index in [1.807, 2.05) is 0 Å². The lowest BCUT2D eigenvalue weighted by Crippen LogP contribution is -2.41. The van der Waals surface area contributed by atoms with Gasteiger partial charge >= 0.3 is 0 Å². The molecular formula is C19H15ClFN3O2. The molecule has 26 heavy (non-hydrogen) atoms. The molecular weight excluding hydrogens is 357 g/mol. The molecule has 3 rings (SSSR count). The first kappa shape index (κ1) is 18.0. The Balaban J connectivity index is 2.44. The summed E-state index contributed by atoms with van der Waals surface area (Å²) in [5.41, 5.74) is 0.271. The van der Waals surface area contributed by atoms with Crippen molar-refractivity contribution >= 4 is 40.7 Å². The lowest BCUT2D eigenvalue weighted by atomic mass is 9.98. The van der Waals surface area contributed by atoms with Crippen molar-refractivity contribution < 1.29 is 14.0 Å². The average molecular weight is 372 g/mol. The number of carbonyl (C=O) groups is 1. The summed E-state index contributed by atoms with van der Waals surface area (Å²) in [5.74, 6) is -0.766. The van der Waals surface area contributed by atoms with Gasteiger partial charge in [0.2, 0.25) is 6.08 Å². The summed E-state index contributed by atoms with van der Waals surface area (Å²) in [6.45, 7) is 3.30. The number of benzodiazepines with no additional fused rings is 1. The van der Waals surface area contributed by atoms with E-state index in [4.69, 9.17) is 11.6 Å². The Morgan fingerprint density at radius 2 is 1.92 bits per heavy atom. The van der Waals surface area contributed by atoms with Crippen molar-refractivity contribution in [1.29, 1.82) is 0 Å². The first-order chi connectivity index (χ1) is 12.3. The van der Waals surface area contributed by atoms with Crippen LogP contribution in [0, 0.1) is 5.82 Å². The summed E-state index contributed by atoms with van der Waals surface area (Å²) in [5, 5.41) is 0.102. The highest BCUT2D eigenvalue weighted by Gasteiger charge is 2.37. The van der Waals surface area contributed by atoms with Crippen LogP contribution in [-0.4, -0.2) is 30.3 Å². The average Bonchev–Trinajstić information content (AvgIpc) is 2.67. The van der Waals surface area contributed by atoms with Crippen LogP contribution in [-0.2, 0) is 9.59 Å². The monoisotopic (exact) mass is 371 g/mol. The van der Waals surface area contributed by atoms with Crippen molar-refractivity contribution in [3.63, 3.8) is 0 Å². The number of hydrogen-bond donors (Lipinski definition) is 0. The Labute approximate surface area is 154 Å². The number of fused-ring (bicyclic) bond motifs is 1. The van der Waals surface area contributed by atoms with E-state index in [0.717, 1.165) is 0 Å². The van der Waals surface area contributed by atoms with Crippen LogP contribution in [0.25, 0.3) is 0 Å². The minimum Gasteiger partial charge on any atom is -0.313 e. The van der Waals surface area contributed by atoms with Gasteiger partial charge in [0.1, 0.15) is 11.4 Å². The molecule has 1 aliphatic heterocycles. The molecule has 0 unspecified atom stereocenters. The summed E-state index contributed by atoms with van der Waals surface area (Å²) in [7, 11) is 1.60. The zero-order valence-electron chi connectivity index (χ0n) is 14.4. The van der Waals surface area contributed by atoms with Crippen molar-refractivity contribution in [1.82, 2.24) is 0 Å². The van der Waals surface area contributed by atoms with Gasteiger partial charge < -0.3 is 4.90 Å². The van der Waals surface area contributed by atoms with Crippen molar-refractivity contribution in [3.8, 4) is 0 Å². The Morgan fingerprint density at radius 3 is 2.58 bits per heavy atom. The number of aliphatic imine (C=N–C) groups is 2. The largest absolute Gasteiger partial charge is 0.313 e. The second kappa shape index (κ2) is 6.48. The predicted molar refractivity (Wildman–Crippen MR) is 98.8 cm³/mol. The number of amides is 1. The smallest absolute Gasteiger partial charge is 0.254 e. The molecule has 7 heteroatoms. The fourth-order valence-corrected chi connectivity index (χ4v) is 3.24. The highest BCUT2D eigenvalue weighted by molar-refractivity contribution is 6.39. The van der Waals surface area contributed by atoms with Crippen molar-refractivity contribution in [3.05, 3.63) is 58.4 Å². The molecule has 0 radical (unpaired) electrons. The minimum atomic E-state index is -1.14. The first-order valence-electron chi connectivity index (χ1n) is 7.81. The van der Waals surface area contributed by atoms with Crippen molar-refractivity contribution in [2.45, 2.75) is 19.4 Å². The summed E-state index contributed by atoms with van der Waals surface area (Å²) >= 11 is 6.47. The molecule has 5 nitrogen and oxygen atoms in total. The Hall–Kier alpha value is -2.82. The SMILES string of the molecule is CN1C(=O)C(C)(C)N=C(c2ccccc2F)c2c1ccc(N=C=O)c2Cl. The van der Waals surface area contributed by atoms with Crippen LogP contribution in [0.3, 0.4) is 0 Å². The minimum absolute atomic E-state index is 0.102. The Morgan fingerprint density at radius 1 is 1.23 bits per heavy atom. The maximum atomic E-state index is 14.5. The molecule has 0 N–H and O–H groups in total. The summed E-state index contributed by atoms with van der Waals surface area (Å²) in [6.07, 6.45) is 1.45. The Bertz CT molecular complexity index is 994. The van der Waals surface area contributed by atoms with Crippen LogP contribution in [0.2, 0.25) is 5.02 Å². The molecule has 0 aliphatic carbocycles. The number of nitrogens with zero attached hydrogens (tertiary/aromatic N) is 3. The number of halogens is 2. The normalized spacial score (nSPS) is 15.7. The fraction of sp³-hybridized carbons (Fsp3) is 0.211. The van der Waals surface area contributed by atoms with E-state index >= 15 is 0 Å². The topological polar surface area (TPSA) is 62.1 Å². The van der Waals surface area contributed by atoms with Gasteiger partial charge in [0.25, 0.3) is 5.91 Å². The second-order valence-electron chi connectivity index (χ2n) is 6.36. The van der Waals surface area contributed by atoms with Crippen LogP contribution in [0.15, 0.2) is 46.4 Å². The maximum absolute atomic E-state index is 14.5. The van der Waals surface area contributed by atoms with E-state index in [-0.39, 0.29) is 27.9 Å². The molecule has 2 aromatic rings. The van der Waals surface area contributed by atoms with Crippen LogP contribution >= 0.6 is 11.6 Å². The lowest BCUT2D eigenvalue weighted by molar-refractivity contribution is -0.122. The summed E-state index contributed by atoms with van der Waals surface area (Å²) < 4.78 is 14.5. The molecule has 0 bridgehead atoms. The van der Waals surface area contributed by atoms with Gasteiger partial charge in [0, 0.05) is 18.2 Å². The van der Waals surface area contributed by atoms with Gasteiger partial charge in [0.05, 0.1) is 22.1 Å². The van der Waals surface area contributed by atoms with Gasteiger partial charge in [-0.3, -0.25) is 9.79 Å². The van der Waals surface area contributed by atoms with Gasteiger partial charge in [0.15, 0.2) is 0 Å². The number of anilines is 1. The first-order valence-corrected chi connectivity index (χ1v) is 8.19. The van der Waals surface area contributed by atoms with Crippen molar-refractivity contribution in [2.24, 2.45) is 9.98 Å². The molecule has 1 aliphatic rings. The van der Waals surface area contributed by atoms with Crippen LogP contribution in [0.4, 0.5) is 15.8 Å². The molecule has 0 aromatic heterocycles. The molecule has 1 heterocycles. The van der Waals surface area contributed by atoms with Gasteiger partial charge in [-0.1, -0.05) is 23.7 Å². The highest BCUT2D eigenvalue weighted by Crippen LogP contribution is 2.40. The standard InChI is InChI=1S/C19H15ClFN3O2/c1-19(2)18(26)24(3)14-9-8-13(22-10-25)16(20)15(14)17(23-19)11-6-4-5-7-12(11)21/h4-9H,1-3H3. The number of benzene rings is 2. The zero-order valence-corrected chi connectivity index (χ0v) is 15.1. The number of hydrogen-bond acceptors (Lipinski definition) is 4. The lowest BCUT2D eigenvalue weighted by Gasteiger charge is -2.24. The van der Waals surface area contributed by atoms with Gasteiger partial charge in [-0.15, -0.1) is 0 Å². The molecule has 132 valence electrons. The quantitative estimate of drug-likeness (QED) is 0.590. The predicted octanol–water partition coefficient (Wildman–Crippen LogP) is 4.04. The second-order valence-corrected chi connectivity index (χ2v) is 6.74. The maximum Gasteiger partial charge on any atom is 0.254 e. The summed E-state index contributed by atoms with van der Waals surface area (Å²) in [6, 6.07) is 9.22. The third kappa shape index (κ3) is 2.83. The molecule has 0 saturated carbocycles. The number of likely N-dealkylation sites (N-methyl/N-ethyl adjacent to an activating group) is 1. The van der Waals surface area contributed by atoms with E-state index in [1.165, 1.54) is 23.1 Å². The third-order valence-corrected chi connectivity index (χ3v) is 4.59. The van der Waals surface area contributed by atoms with Gasteiger partial charge in [-0.2, -0.15) is 4.99 Å². The third-order valence-electron chi connectivity index (χ3n) is 4.21. The van der Waals surface area contributed by atoms with Crippen molar-refractivity contribution in [2.75, 3.05) is 11.9 Å². The van der Waals surface area contributed by atoms with Crippen LogP contribution in [0.5, 0.6) is 0 Å². The van der Waals surface area contributed by atoms with Crippen LogP contribution < -0.4 is 4.90 Å². The molecule has 0 atom stereocenters. The fourth-order valence-electron chi connectivity index (χ4n) is 2.95. The van der Waals surface area contributed by atoms with Crippen LogP contribution in [0.1, 0.15) is 25.0 Å². The van der Waals surface area contributed by atoms with E-state index in [2.05, 4.69) is 9.98 Å². The molecule has 0 spiro atoms. The van der Waals surface area contributed by atoms with E-state index in [9.17, 15) is 14.0 Å². The Kier molecular flexibility index (Phi) is 4.48. The van der Waals surface area contributed by atoms with E-state index in [0.29, 0.717) is 11.3 Å². The van der Waals surface area contributed by atoms with Gasteiger partial charge in [-0.25, -0.2) is 9.18 Å². The van der Waals surface area contributed by atoms with E-state index in [1.54, 1.807) is 45.2 Å². The molecule has 2 aromatic carbocycles. The molecule has 1 amide bonds. The summed E-state index contributed by atoms with van der Waals surface area (Å²) in [4.78, 5) is 33.0. The molecule has 0 saturated heterocycles. The number of isocyanates is 1. The zero-order chi connectivity index (χ0) is 19.1. The highest BCUT2D eigenvalue weighted by atomic mass is 35.5. The number of rotatable bonds is 2. The van der Waals surface area contributed by atoms with Gasteiger partial charge in [-0.05, 0) is 38.1 Å². The number of carbonyl (C=O) groups excluding carboxylic acids is 2.